The Balaban J connectivity index is 2.22. The first-order valence-electron chi connectivity index (χ1n) is 6.85. The normalized spacial score (nSPS) is 12.4. The van der Waals surface area contributed by atoms with Crippen LogP contribution in [0.15, 0.2) is 30.5 Å². The molecule has 114 valence electrons. The highest BCUT2D eigenvalue weighted by Crippen LogP contribution is 2.27. The largest absolute Gasteiger partial charge is 0.494 e. The van der Waals surface area contributed by atoms with Gasteiger partial charge in [-0.3, -0.25) is 4.68 Å². The standard InChI is InChI=1S/C15H20ClN3O2/c1-3-21-12-6-4-11(5-7-12)14(17)15-13(16)10-18-19(15)8-9-20-2/h4-7,10,14H,3,8-9,17H2,1-2H3. The lowest BCUT2D eigenvalue weighted by Crippen LogP contribution is -2.19. The molecule has 0 aliphatic carbocycles. The van der Waals surface area contributed by atoms with Gasteiger partial charge in [0.05, 0.1) is 42.7 Å². The summed E-state index contributed by atoms with van der Waals surface area (Å²) in [7, 11) is 1.65. The molecule has 1 atom stereocenters. The van der Waals surface area contributed by atoms with Gasteiger partial charge in [-0.15, -0.1) is 0 Å². The predicted molar refractivity (Wildman–Crippen MR) is 82.8 cm³/mol. The number of rotatable bonds is 7. The van der Waals surface area contributed by atoms with Gasteiger partial charge in [0.2, 0.25) is 0 Å². The molecule has 2 rings (SSSR count). The van der Waals surface area contributed by atoms with Crippen LogP contribution in [0, 0.1) is 0 Å². The van der Waals surface area contributed by atoms with Crippen molar-refractivity contribution in [2.24, 2.45) is 5.73 Å². The van der Waals surface area contributed by atoms with E-state index in [9.17, 15) is 0 Å². The molecule has 1 heterocycles. The molecule has 2 N–H and O–H groups in total. The smallest absolute Gasteiger partial charge is 0.119 e. The van der Waals surface area contributed by atoms with Crippen LogP contribution < -0.4 is 10.5 Å². The Labute approximate surface area is 129 Å². The fraction of sp³-hybridized carbons (Fsp3) is 0.400. The van der Waals surface area contributed by atoms with Gasteiger partial charge < -0.3 is 15.2 Å². The molecule has 0 aliphatic rings. The summed E-state index contributed by atoms with van der Waals surface area (Å²) >= 11 is 6.22. The zero-order chi connectivity index (χ0) is 15.2. The van der Waals surface area contributed by atoms with Crippen molar-refractivity contribution in [3.63, 3.8) is 0 Å². The van der Waals surface area contributed by atoms with Gasteiger partial charge in [0.15, 0.2) is 0 Å². The van der Waals surface area contributed by atoms with Gasteiger partial charge in [-0.2, -0.15) is 5.10 Å². The van der Waals surface area contributed by atoms with Gasteiger partial charge in [0, 0.05) is 7.11 Å². The van der Waals surface area contributed by atoms with Gasteiger partial charge in [0.1, 0.15) is 5.75 Å². The quantitative estimate of drug-likeness (QED) is 0.854. The summed E-state index contributed by atoms with van der Waals surface area (Å²) in [6, 6.07) is 7.36. The predicted octanol–water partition coefficient (Wildman–Crippen LogP) is 2.63. The van der Waals surface area contributed by atoms with E-state index < -0.39 is 0 Å². The molecule has 0 saturated heterocycles. The minimum absolute atomic E-state index is 0.340. The Hall–Kier alpha value is -1.56. The molecule has 1 aromatic heterocycles. The monoisotopic (exact) mass is 309 g/mol. The summed E-state index contributed by atoms with van der Waals surface area (Å²) in [5.74, 6) is 0.826. The molecule has 21 heavy (non-hydrogen) atoms. The number of methoxy groups -OCH3 is 1. The van der Waals surface area contributed by atoms with Crippen molar-refractivity contribution < 1.29 is 9.47 Å². The molecule has 6 heteroatoms. The molecule has 0 amide bonds. The molecule has 0 bridgehead atoms. The number of benzene rings is 1. The third-order valence-electron chi connectivity index (χ3n) is 3.19. The summed E-state index contributed by atoms with van der Waals surface area (Å²) in [6.07, 6.45) is 1.61. The Morgan fingerprint density at radius 1 is 1.33 bits per heavy atom. The molecule has 0 fully saturated rings. The van der Waals surface area contributed by atoms with Crippen LogP contribution in [0.4, 0.5) is 0 Å². The number of nitrogens with two attached hydrogens (primary N) is 1. The van der Waals surface area contributed by atoms with Crippen LogP contribution in [-0.4, -0.2) is 30.1 Å². The van der Waals surface area contributed by atoms with E-state index in [1.807, 2.05) is 31.2 Å². The maximum absolute atomic E-state index is 6.33. The van der Waals surface area contributed by atoms with Crippen LogP contribution in [0.1, 0.15) is 24.2 Å². The summed E-state index contributed by atoms with van der Waals surface area (Å²) in [4.78, 5) is 0. The molecule has 5 nitrogen and oxygen atoms in total. The van der Waals surface area contributed by atoms with Gasteiger partial charge >= 0.3 is 0 Å². The van der Waals surface area contributed by atoms with Gasteiger partial charge in [-0.05, 0) is 24.6 Å². The Morgan fingerprint density at radius 2 is 2.05 bits per heavy atom. The minimum atomic E-state index is -0.340. The lowest BCUT2D eigenvalue weighted by atomic mass is 10.0. The number of hydrogen-bond acceptors (Lipinski definition) is 4. The van der Waals surface area contributed by atoms with E-state index in [0.717, 1.165) is 17.0 Å². The molecular formula is C15H20ClN3O2. The van der Waals surface area contributed by atoms with E-state index in [2.05, 4.69) is 5.10 Å². The summed E-state index contributed by atoms with van der Waals surface area (Å²) in [6.45, 7) is 3.76. The van der Waals surface area contributed by atoms with Gasteiger partial charge in [0.25, 0.3) is 0 Å². The van der Waals surface area contributed by atoms with E-state index in [1.165, 1.54) is 0 Å². The highest BCUT2D eigenvalue weighted by Gasteiger charge is 2.18. The van der Waals surface area contributed by atoms with Crippen molar-refractivity contribution in [3.05, 3.63) is 46.7 Å². The van der Waals surface area contributed by atoms with E-state index in [1.54, 1.807) is 18.0 Å². The first-order valence-corrected chi connectivity index (χ1v) is 7.23. The third kappa shape index (κ3) is 3.75. The molecule has 1 aromatic carbocycles. The lowest BCUT2D eigenvalue weighted by Gasteiger charge is -2.16. The average molecular weight is 310 g/mol. The average Bonchev–Trinajstić information content (AvgIpc) is 2.86. The van der Waals surface area contributed by atoms with Crippen molar-refractivity contribution in [2.75, 3.05) is 20.3 Å². The van der Waals surface area contributed by atoms with Crippen LogP contribution in [-0.2, 0) is 11.3 Å². The number of ether oxygens (including phenoxy) is 2. The highest BCUT2D eigenvalue weighted by molar-refractivity contribution is 6.31. The number of aromatic nitrogens is 2. The van der Waals surface area contributed by atoms with Crippen LogP contribution in [0.3, 0.4) is 0 Å². The summed E-state index contributed by atoms with van der Waals surface area (Å²) in [5.41, 5.74) is 8.08. The summed E-state index contributed by atoms with van der Waals surface area (Å²) in [5, 5.41) is 4.81. The fourth-order valence-corrected chi connectivity index (χ4v) is 2.39. The first-order chi connectivity index (χ1) is 10.2. The number of nitrogens with zero attached hydrogens (tertiary/aromatic N) is 2. The molecular weight excluding hydrogens is 290 g/mol. The van der Waals surface area contributed by atoms with E-state index in [-0.39, 0.29) is 6.04 Å². The van der Waals surface area contributed by atoms with Crippen LogP contribution in [0.25, 0.3) is 0 Å². The van der Waals surface area contributed by atoms with Gasteiger partial charge in [-0.25, -0.2) is 0 Å². The zero-order valence-corrected chi connectivity index (χ0v) is 13.0. The van der Waals surface area contributed by atoms with Crippen LogP contribution >= 0.6 is 11.6 Å². The Bertz CT molecular complexity index is 569. The van der Waals surface area contributed by atoms with Crippen molar-refractivity contribution in [1.82, 2.24) is 9.78 Å². The Morgan fingerprint density at radius 3 is 2.67 bits per heavy atom. The maximum atomic E-state index is 6.33. The molecule has 1 unspecified atom stereocenters. The SMILES string of the molecule is CCOc1ccc(C(N)c2c(Cl)cnn2CCOC)cc1. The number of halogens is 1. The second kappa shape index (κ2) is 7.45. The van der Waals surface area contributed by atoms with Crippen molar-refractivity contribution in [2.45, 2.75) is 19.5 Å². The fourth-order valence-electron chi connectivity index (χ4n) is 2.13. The topological polar surface area (TPSA) is 62.3 Å². The second-order valence-corrected chi connectivity index (χ2v) is 4.98. The van der Waals surface area contributed by atoms with E-state index in [4.69, 9.17) is 26.8 Å². The minimum Gasteiger partial charge on any atom is -0.494 e. The molecule has 0 spiro atoms. The van der Waals surface area contributed by atoms with Crippen LogP contribution in [0.5, 0.6) is 5.75 Å². The molecule has 0 saturated carbocycles. The molecule has 2 aromatic rings. The van der Waals surface area contributed by atoms with Crippen molar-refractivity contribution >= 4 is 11.6 Å². The van der Waals surface area contributed by atoms with E-state index in [0.29, 0.717) is 24.8 Å². The Kier molecular flexibility index (Phi) is 5.61. The van der Waals surface area contributed by atoms with Crippen LogP contribution in [0.2, 0.25) is 5.02 Å². The van der Waals surface area contributed by atoms with E-state index >= 15 is 0 Å². The lowest BCUT2D eigenvalue weighted by molar-refractivity contribution is 0.182. The highest BCUT2D eigenvalue weighted by atomic mass is 35.5. The maximum Gasteiger partial charge on any atom is 0.119 e. The second-order valence-electron chi connectivity index (χ2n) is 4.57. The zero-order valence-electron chi connectivity index (χ0n) is 12.3. The number of hydrogen-bond donors (Lipinski definition) is 1. The molecule has 0 aliphatic heterocycles. The van der Waals surface area contributed by atoms with Gasteiger partial charge in [-0.1, -0.05) is 23.7 Å². The molecule has 0 radical (unpaired) electrons. The van der Waals surface area contributed by atoms with Crippen molar-refractivity contribution in [3.8, 4) is 5.75 Å². The third-order valence-corrected chi connectivity index (χ3v) is 3.48. The first kappa shape index (κ1) is 15.8. The summed E-state index contributed by atoms with van der Waals surface area (Å²) < 4.78 is 12.3. The van der Waals surface area contributed by atoms with Crippen molar-refractivity contribution in [1.29, 1.82) is 0 Å².